The zero-order chi connectivity index (χ0) is 26.7. The fourth-order valence-electron chi connectivity index (χ4n) is 8.54. The first kappa shape index (κ1) is 29.1. The van der Waals surface area contributed by atoms with E-state index in [1.54, 1.807) is 0 Å². The number of hydrogen-bond acceptors (Lipinski definition) is 5. The van der Waals surface area contributed by atoms with E-state index in [-0.39, 0.29) is 35.6 Å². The summed E-state index contributed by atoms with van der Waals surface area (Å²) in [5, 5.41) is 10.3. The van der Waals surface area contributed by atoms with Crippen LogP contribution in [0.1, 0.15) is 80.1 Å². The second-order valence-corrected chi connectivity index (χ2v) is 21.9. The van der Waals surface area contributed by atoms with Crippen molar-refractivity contribution in [2.75, 3.05) is 6.61 Å². The van der Waals surface area contributed by atoms with Crippen LogP contribution in [0.4, 0.5) is 0 Å². The maximum atomic E-state index is 12.5. The van der Waals surface area contributed by atoms with E-state index >= 15 is 0 Å². The lowest BCUT2D eigenvalue weighted by atomic mass is 9.57. The average molecular weight is 539 g/mol. The van der Waals surface area contributed by atoms with Crippen molar-refractivity contribution in [2.24, 2.45) is 40.4 Å². The van der Waals surface area contributed by atoms with Crippen molar-refractivity contribution in [3.8, 4) is 0 Å². The SMILES string of the molecule is CC[Si](=O)CC1CC2C(CC1CO)OC1(CC2(C)C)CC(C)(C)C2CC(O[Si](C)(C)C)C(C)CC2O1. The lowest BCUT2D eigenvalue weighted by Crippen LogP contribution is -2.64. The molecule has 4 fully saturated rings. The van der Waals surface area contributed by atoms with Gasteiger partial charge in [-0.2, -0.15) is 0 Å². The Balaban J connectivity index is 1.54. The second-order valence-electron chi connectivity index (χ2n) is 15.3. The van der Waals surface area contributed by atoms with Crippen molar-refractivity contribution >= 4 is 17.0 Å². The lowest BCUT2D eigenvalue weighted by molar-refractivity contribution is -0.381. The Labute approximate surface area is 223 Å². The third-order valence-corrected chi connectivity index (χ3v) is 13.0. The quantitative estimate of drug-likeness (QED) is 0.383. The number of ether oxygens (including phenoxy) is 2. The van der Waals surface area contributed by atoms with Crippen LogP contribution in [-0.4, -0.2) is 52.8 Å². The Kier molecular flexibility index (Phi) is 8.26. The van der Waals surface area contributed by atoms with Crippen LogP contribution >= 0.6 is 0 Å². The molecule has 9 unspecified atom stereocenters. The summed E-state index contributed by atoms with van der Waals surface area (Å²) in [7, 11) is -3.15. The highest BCUT2D eigenvalue weighted by atomic mass is 28.4. The minimum Gasteiger partial charge on any atom is -0.414 e. The van der Waals surface area contributed by atoms with Gasteiger partial charge >= 0.3 is 0 Å². The molecule has 0 aromatic carbocycles. The summed E-state index contributed by atoms with van der Waals surface area (Å²) in [5.74, 6) is 1.37. The van der Waals surface area contributed by atoms with Gasteiger partial charge in [0.2, 0.25) is 0 Å². The zero-order valence-electron chi connectivity index (χ0n) is 24.6. The number of aliphatic hydroxyl groups excluding tert-OH is 1. The fraction of sp³-hybridized carbons (Fsp3) is 1.00. The molecule has 4 aliphatic rings. The molecule has 7 heteroatoms. The van der Waals surface area contributed by atoms with Crippen molar-refractivity contribution in [3.63, 3.8) is 0 Å². The maximum absolute atomic E-state index is 12.5. The third-order valence-electron chi connectivity index (χ3n) is 10.2. The van der Waals surface area contributed by atoms with Gasteiger partial charge in [-0.05, 0) is 97.8 Å². The van der Waals surface area contributed by atoms with E-state index < -0.39 is 22.8 Å². The molecule has 0 aromatic rings. The smallest absolute Gasteiger partial charge is 0.276 e. The van der Waals surface area contributed by atoms with Crippen LogP contribution in [0.3, 0.4) is 0 Å². The van der Waals surface area contributed by atoms with Crippen LogP contribution in [0, 0.1) is 40.4 Å². The molecular formula is C29H54O5Si2. The van der Waals surface area contributed by atoms with Gasteiger partial charge in [0.15, 0.2) is 14.1 Å². The molecule has 2 aliphatic heterocycles. The van der Waals surface area contributed by atoms with Crippen molar-refractivity contribution in [3.05, 3.63) is 0 Å². The number of aliphatic hydroxyl groups is 1. The van der Waals surface area contributed by atoms with Gasteiger partial charge in [-0.3, -0.25) is 0 Å². The van der Waals surface area contributed by atoms with Gasteiger partial charge in [-0.25, -0.2) is 0 Å². The Morgan fingerprint density at radius 1 is 0.917 bits per heavy atom. The average Bonchev–Trinajstić information content (AvgIpc) is 2.73. The van der Waals surface area contributed by atoms with Crippen LogP contribution in [0.5, 0.6) is 0 Å². The summed E-state index contributed by atoms with van der Waals surface area (Å²) in [5.41, 5.74) is 0.192. The van der Waals surface area contributed by atoms with E-state index in [1.165, 1.54) is 0 Å². The molecule has 0 radical (unpaired) electrons. The van der Waals surface area contributed by atoms with E-state index in [2.05, 4.69) is 54.3 Å². The number of fused-ring (bicyclic) bond motifs is 2. The molecule has 4 rings (SSSR count). The monoisotopic (exact) mass is 538 g/mol. The standard InChI is InChI=1S/C29H54O5Si2/c1-10-35(31)16-21-12-22-26(13-20(21)15-30)33-29(17-27(22,3)4)18-28(5,6)23-14-24(34-36(7,8)9)19(2)11-25(23)32-29/h19-26,30H,10-18H2,1-9H3. The van der Waals surface area contributed by atoms with Crippen molar-refractivity contribution in [1.29, 1.82) is 0 Å². The highest BCUT2D eigenvalue weighted by Crippen LogP contribution is 2.60. The van der Waals surface area contributed by atoms with Gasteiger partial charge in [-0.15, -0.1) is 0 Å². The third kappa shape index (κ3) is 5.96. The van der Waals surface area contributed by atoms with Gasteiger partial charge in [0, 0.05) is 25.6 Å². The van der Waals surface area contributed by atoms with Gasteiger partial charge in [-0.1, -0.05) is 41.5 Å². The maximum Gasteiger partial charge on any atom is 0.276 e. The zero-order valence-corrected chi connectivity index (χ0v) is 26.6. The van der Waals surface area contributed by atoms with Gasteiger partial charge in [0.25, 0.3) is 8.68 Å². The molecule has 2 aliphatic carbocycles. The summed E-state index contributed by atoms with van der Waals surface area (Å²) in [4.78, 5) is 0. The van der Waals surface area contributed by atoms with E-state index in [0.29, 0.717) is 29.8 Å². The van der Waals surface area contributed by atoms with Crippen LogP contribution in [0.15, 0.2) is 0 Å². The first-order chi connectivity index (χ1) is 16.6. The predicted molar refractivity (Wildman–Crippen MR) is 148 cm³/mol. The molecule has 1 N–H and O–H groups in total. The molecule has 5 nitrogen and oxygen atoms in total. The summed E-state index contributed by atoms with van der Waals surface area (Å²) >= 11 is 0. The molecule has 9 atom stereocenters. The minimum atomic E-state index is -1.60. The molecule has 2 saturated heterocycles. The molecule has 0 bridgehead atoms. The minimum absolute atomic E-state index is 0.0796. The molecule has 0 aromatic heterocycles. The van der Waals surface area contributed by atoms with E-state index in [4.69, 9.17) is 13.9 Å². The van der Waals surface area contributed by atoms with E-state index in [1.807, 2.05) is 6.92 Å². The van der Waals surface area contributed by atoms with Gasteiger partial charge < -0.3 is 23.5 Å². The summed E-state index contributed by atoms with van der Waals surface area (Å²) in [6, 6.07) is 1.55. The summed E-state index contributed by atoms with van der Waals surface area (Å²) in [6.45, 7) is 21.1. The second kappa shape index (κ2) is 10.2. The van der Waals surface area contributed by atoms with Crippen LogP contribution in [0.2, 0.25) is 31.7 Å². The summed E-state index contributed by atoms with van der Waals surface area (Å²) in [6.07, 6.45) is 6.46. The Morgan fingerprint density at radius 2 is 1.47 bits per heavy atom. The Hall–Kier alpha value is 0.0738. The molecule has 36 heavy (non-hydrogen) atoms. The highest BCUT2D eigenvalue weighted by molar-refractivity contribution is 6.69. The van der Waals surface area contributed by atoms with Crippen LogP contribution in [-0.2, 0) is 18.4 Å². The van der Waals surface area contributed by atoms with Crippen LogP contribution in [0.25, 0.3) is 0 Å². The first-order valence-corrected chi connectivity index (χ1v) is 20.0. The first-order valence-electron chi connectivity index (χ1n) is 14.7. The van der Waals surface area contributed by atoms with Crippen molar-refractivity contribution in [1.82, 2.24) is 0 Å². The van der Waals surface area contributed by atoms with Gasteiger partial charge in [0.05, 0.1) is 12.2 Å². The normalized spacial score (nSPS) is 44.1. The molecule has 0 amide bonds. The molecule has 2 heterocycles. The topological polar surface area (TPSA) is 65.0 Å². The van der Waals surface area contributed by atoms with Gasteiger partial charge in [0.1, 0.15) is 0 Å². The highest BCUT2D eigenvalue weighted by Gasteiger charge is 2.61. The Bertz CT molecular complexity index is 808. The number of hydrogen-bond donors (Lipinski definition) is 1. The molecular weight excluding hydrogens is 484 g/mol. The molecule has 208 valence electrons. The number of rotatable bonds is 6. The van der Waals surface area contributed by atoms with E-state index in [9.17, 15) is 9.57 Å². The largest absolute Gasteiger partial charge is 0.414 e. The van der Waals surface area contributed by atoms with Crippen molar-refractivity contribution < 1.29 is 23.5 Å². The summed E-state index contributed by atoms with van der Waals surface area (Å²) < 4.78 is 33.3. The van der Waals surface area contributed by atoms with E-state index in [0.717, 1.165) is 50.6 Å². The molecule has 1 spiro atoms. The Morgan fingerprint density at radius 3 is 2.00 bits per heavy atom. The fourth-order valence-corrected chi connectivity index (χ4v) is 11.1. The van der Waals surface area contributed by atoms with Crippen molar-refractivity contribution in [2.45, 2.75) is 136 Å². The predicted octanol–water partition coefficient (Wildman–Crippen LogP) is 6.66. The van der Waals surface area contributed by atoms with Crippen LogP contribution < -0.4 is 0 Å². The lowest BCUT2D eigenvalue weighted by Gasteiger charge is -2.63. The molecule has 2 saturated carbocycles.